The van der Waals surface area contributed by atoms with E-state index in [1.54, 1.807) is 0 Å². The van der Waals surface area contributed by atoms with Gasteiger partial charge in [0.05, 0.1) is 6.61 Å². The standard InChI is InChI=1S/C38H69O8P/c1-3-5-7-9-11-13-15-17-19-21-22-24-26-28-30-32-37(39)44-34-36(35-45-47(41,42)43)46-38(40)33-31-29-27-25-23-20-18-16-14-12-10-8-6-4-2/h10,12,16,18,26,28,36H,3-9,11,13-15,17,19-25,27,29-35H2,1-2H3,(H2,41,42,43)/b12-10+,18-16+,28-26+/t36-/m1/s1. The Morgan fingerprint density at radius 2 is 1.02 bits per heavy atom. The number of phosphoric acid groups is 1. The number of ether oxygens (including phenoxy) is 2. The lowest BCUT2D eigenvalue weighted by Gasteiger charge is -2.18. The van der Waals surface area contributed by atoms with Crippen molar-refractivity contribution in [1.29, 1.82) is 0 Å². The molecule has 0 saturated heterocycles. The van der Waals surface area contributed by atoms with E-state index >= 15 is 0 Å². The highest BCUT2D eigenvalue weighted by molar-refractivity contribution is 7.46. The molecule has 0 bridgehead atoms. The van der Waals surface area contributed by atoms with Crippen LogP contribution in [-0.2, 0) is 28.2 Å². The Morgan fingerprint density at radius 3 is 1.57 bits per heavy atom. The molecule has 8 nitrogen and oxygen atoms in total. The van der Waals surface area contributed by atoms with Gasteiger partial charge in [-0.1, -0.05) is 147 Å². The van der Waals surface area contributed by atoms with Gasteiger partial charge in [-0.2, -0.15) is 0 Å². The van der Waals surface area contributed by atoms with Crippen molar-refractivity contribution in [1.82, 2.24) is 0 Å². The van der Waals surface area contributed by atoms with Crippen molar-refractivity contribution in [2.45, 2.75) is 180 Å². The number of hydrogen-bond acceptors (Lipinski definition) is 6. The molecule has 0 rings (SSSR count). The summed E-state index contributed by atoms with van der Waals surface area (Å²) in [6.07, 6.45) is 38.7. The number of phosphoric ester groups is 1. The van der Waals surface area contributed by atoms with Crippen LogP contribution in [-0.4, -0.2) is 41.0 Å². The van der Waals surface area contributed by atoms with Crippen molar-refractivity contribution in [3.05, 3.63) is 36.5 Å². The Balaban J connectivity index is 4.03. The molecule has 0 fully saturated rings. The van der Waals surface area contributed by atoms with Crippen LogP contribution in [0.2, 0.25) is 0 Å². The Labute approximate surface area is 287 Å². The lowest BCUT2D eigenvalue weighted by molar-refractivity contribution is -0.161. The predicted octanol–water partition coefficient (Wildman–Crippen LogP) is 11.0. The molecule has 1 atom stereocenters. The molecule has 0 unspecified atom stereocenters. The molecule has 0 heterocycles. The first-order chi connectivity index (χ1) is 22.8. The number of esters is 2. The zero-order valence-electron chi connectivity index (χ0n) is 29.9. The topological polar surface area (TPSA) is 119 Å². The van der Waals surface area contributed by atoms with Gasteiger partial charge in [0.15, 0.2) is 6.10 Å². The summed E-state index contributed by atoms with van der Waals surface area (Å²) in [7, 11) is -4.76. The summed E-state index contributed by atoms with van der Waals surface area (Å²) in [6, 6.07) is 0. The van der Waals surface area contributed by atoms with Crippen LogP contribution in [0.5, 0.6) is 0 Å². The van der Waals surface area contributed by atoms with Gasteiger partial charge in [-0.05, 0) is 51.4 Å². The quantitative estimate of drug-likeness (QED) is 0.0297. The average Bonchev–Trinajstić information content (AvgIpc) is 3.03. The Kier molecular flexibility index (Phi) is 32.9. The lowest BCUT2D eigenvalue weighted by atomic mass is 10.1. The fourth-order valence-electron chi connectivity index (χ4n) is 5.05. The molecular weight excluding hydrogens is 615 g/mol. The van der Waals surface area contributed by atoms with Gasteiger partial charge in [-0.3, -0.25) is 14.1 Å². The molecule has 0 radical (unpaired) electrons. The molecule has 274 valence electrons. The van der Waals surface area contributed by atoms with Crippen molar-refractivity contribution in [3.63, 3.8) is 0 Å². The van der Waals surface area contributed by atoms with Gasteiger partial charge in [0.25, 0.3) is 0 Å². The van der Waals surface area contributed by atoms with Gasteiger partial charge < -0.3 is 19.3 Å². The van der Waals surface area contributed by atoms with Crippen LogP contribution in [0.3, 0.4) is 0 Å². The zero-order valence-corrected chi connectivity index (χ0v) is 30.8. The number of hydrogen-bond donors (Lipinski definition) is 2. The highest BCUT2D eigenvalue weighted by atomic mass is 31.2. The molecule has 0 spiro atoms. The van der Waals surface area contributed by atoms with Gasteiger partial charge in [0, 0.05) is 12.8 Å². The van der Waals surface area contributed by atoms with Crippen molar-refractivity contribution >= 4 is 19.8 Å². The minimum absolute atomic E-state index is 0.181. The largest absolute Gasteiger partial charge is 0.469 e. The number of carbonyl (C=O) groups is 2. The van der Waals surface area contributed by atoms with E-state index in [1.165, 1.54) is 77.0 Å². The molecule has 0 aromatic carbocycles. The van der Waals surface area contributed by atoms with Gasteiger partial charge >= 0.3 is 19.8 Å². The Morgan fingerprint density at radius 1 is 0.553 bits per heavy atom. The van der Waals surface area contributed by atoms with E-state index in [9.17, 15) is 14.2 Å². The number of rotatable bonds is 34. The summed E-state index contributed by atoms with van der Waals surface area (Å²) >= 11 is 0. The van der Waals surface area contributed by atoms with Crippen LogP contribution in [0.4, 0.5) is 0 Å². The van der Waals surface area contributed by atoms with Crippen molar-refractivity contribution < 1.29 is 37.9 Å². The van der Waals surface area contributed by atoms with Crippen LogP contribution in [0.1, 0.15) is 174 Å². The fraction of sp³-hybridized carbons (Fsp3) is 0.789. The van der Waals surface area contributed by atoms with Crippen LogP contribution in [0.25, 0.3) is 0 Å². The molecule has 9 heteroatoms. The smallest absolute Gasteiger partial charge is 0.462 e. The Bertz CT molecular complexity index is 864. The monoisotopic (exact) mass is 684 g/mol. The molecule has 47 heavy (non-hydrogen) atoms. The minimum atomic E-state index is -4.76. The minimum Gasteiger partial charge on any atom is -0.462 e. The SMILES string of the molecule is CCCC/C=C/C/C=C/CCCCCCCC(=O)O[C@H](COC(=O)CC/C=C/CCCCCCCCCCCCC)COP(=O)(O)O. The van der Waals surface area contributed by atoms with Gasteiger partial charge in [-0.25, -0.2) is 4.57 Å². The molecule has 0 aliphatic rings. The summed E-state index contributed by atoms with van der Waals surface area (Å²) in [4.78, 5) is 42.6. The molecule has 0 aliphatic carbocycles. The summed E-state index contributed by atoms with van der Waals surface area (Å²) in [5.41, 5.74) is 0. The number of allylic oxidation sites excluding steroid dienone is 6. The van der Waals surface area contributed by atoms with Crippen LogP contribution < -0.4 is 0 Å². The average molecular weight is 685 g/mol. The van der Waals surface area contributed by atoms with Crippen molar-refractivity contribution in [3.8, 4) is 0 Å². The zero-order chi connectivity index (χ0) is 34.7. The predicted molar refractivity (Wildman–Crippen MR) is 193 cm³/mol. The van der Waals surface area contributed by atoms with Crippen LogP contribution in [0.15, 0.2) is 36.5 Å². The van der Waals surface area contributed by atoms with E-state index in [1.807, 2.05) is 6.08 Å². The molecule has 0 aliphatic heterocycles. The normalized spacial score (nSPS) is 12.9. The van der Waals surface area contributed by atoms with Crippen molar-refractivity contribution in [2.75, 3.05) is 13.2 Å². The first-order valence-electron chi connectivity index (χ1n) is 18.8. The second kappa shape index (κ2) is 34.1. The van der Waals surface area contributed by atoms with E-state index in [0.29, 0.717) is 12.8 Å². The Hall–Kier alpha value is -1.73. The van der Waals surface area contributed by atoms with Crippen molar-refractivity contribution in [2.24, 2.45) is 0 Å². The van der Waals surface area contributed by atoms with E-state index < -0.39 is 32.5 Å². The third kappa shape index (κ3) is 36.9. The summed E-state index contributed by atoms with van der Waals surface area (Å²) < 4.78 is 26.2. The molecule has 0 amide bonds. The highest BCUT2D eigenvalue weighted by Crippen LogP contribution is 2.36. The first kappa shape index (κ1) is 45.3. The molecule has 0 aromatic rings. The molecule has 2 N–H and O–H groups in total. The van der Waals surface area contributed by atoms with Crippen LogP contribution in [0, 0.1) is 0 Å². The van der Waals surface area contributed by atoms with Gasteiger partial charge in [0.1, 0.15) is 6.61 Å². The third-order valence-electron chi connectivity index (χ3n) is 7.89. The maximum absolute atomic E-state index is 12.3. The lowest BCUT2D eigenvalue weighted by Crippen LogP contribution is -2.29. The second-order valence-electron chi connectivity index (χ2n) is 12.5. The highest BCUT2D eigenvalue weighted by Gasteiger charge is 2.22. The van der Waals surface area contributed by atoms with E-state index in [4.69, 9.17) is 19.3 Å². The van der Waals surface area contributed by atoms with E-state index in [-0.39, 0.29) is 19.4 Å². The summed E-state index contributed by atoms with van der Waals surface area (Å²) in [5, 5.41) is 0. The fourth-order valence-corrected chi connectivity index (χ4v) is 5.41. The molecule has 0 aromatic heterocycles. The van der Waals surface area contributed by atoms with E-state index in [0.717, 1.165) is 57.8 Å². The first-order valence-corrected chi connectivity index (χ1v) is 20.3. The second-order valence-corrected chi connectivity index (χ2v) is 13.8. The van der Waals surface area contributed by atoms with Gasteiger partial charge in [0.2, 0.25) is 0 Å². The van der Waals surface area contributed by atoms with E-state index in [2.05, 4.69) is 48.8 Å². The third-order valence-corrected chi connectivity index (χ3v) is 8.38. The van der Waals surface area contributed by atoms with Gasteiger partial charge in [-0.15, -0.1) is 0 Å². The maximum Gasteiger partial charge on any atom is 0.469 e. The molecular formula is C38H69O8P. The number of unbranched alkanes of at least 4 members (excludes halogenated alkanes) is 18. The maximum atomic E-state index is 12.3. The number of carbonyl (C=O) groups excluding carboxylic acids is 2. The molecule has 0 saturated carbocycles. The van der Waals surface area contributed by atoms with Crippen LogP contribution >= 0.6 is 7.82 Å². The summed E-state index contributed by atoms with van der Waals surface area (Å²) in [6.45, 7) is 3.59. The summed E-state index contributed by atoms with van der Waals surface area (Å²) in [5.74, 6) is -0.958.